The van der Waals surface area contributed by atoms with Crippen LogP contribution in [-0.4, -0.2) is 64.0 Å². The van der Waals surface area contributed by atoms with E-state index in [4.69, 9.17) is 32.7 Å². The van der Waals surface area contributed by atoms with Crippen LogP contribution < -0.4 is 14.4 Å². The molecule has 5 atom stereocenters. The second-order valence-corrected chi connectivity index (χ2v) is 16.8. The van der Waals surface area contributed by atoms with Crippen molar-refractivity contribution in [1.29, 1.82) is 0 Å². The van der Waals surface area contributed by atoms with Crippen LogP contribution >= 0.6 is 23.2 Å². The minimum absolute atomic E-state index is 0.0308. The Morgan fingerprint density at radius 2 is 2.02 bits per heavy atom. The van der Waals surface area contributed by atoms with Crippen LogP contribution in [0.1, 0.15) is 70.9 Å². The van der Waals surface area contributed by atoms with Gasteiger partial charge in [0.25, 0.3) is 11.8 Å². The number of benzene rings is 2. The van der Waals surface area contributed by atoms with Crippen LogP contribution in [0.5, 0.6) is 5.75 Å². The van der Waals surface area contributed by atoms with Crippen molar-refractivity contribution >= 4 is 50.6 Å². The third-order valence-electron chi connectivity index (χ3n) is 10.9. The number of methoxy groups -OCH3 is 1. The molecule has 2 amide bonds. The summed E-state index contributed by atoms with van der Waals surface area (Å²) >= 11 is 12.6. The van der Waals surface area contributed by atoms with E-state index >= 15 is 0 Å². The van der Waals surface area contributed by atoms with E-state index in [1.165, 1.54) is 22.0 Å². The number of nitrogens with one attached hydrogen (secondary N) is 1. The molecule has 5 aliphatic rings. The molecular weight excluding hydrogens is 685 g/mol. The summed E-state index contributed by atoms with van der Waals surface area (Å²) in [4.78, 5) is 29.4. The number of ether oxygens (including phenoxy) is 2. The minimum Gasteiger partial charge on any atom is -0.490 e. The average molecular weight is 727 g/mol. The zero-order valence-electron chi connectivity index (χ0n) is 27.9. The molecule has 8 rings (SSSR count). The highest BCUT2D eigenvalue weighted by Gasteiger charge is 2.51. The summed E-state index contributed by atoms with van der Waals surface area (Å²) in [7, 11) is -0.163. The maximum absolute atomic E-state index is 14.3. The number of amides is 2. The van der Waals surface area contributed by atoms with E-state index in [2.05, 4.69) is 44.2 Å². The van der Waals surface area contributed by atoms with E-state index in [1.807, 2.05) is 12.1 Å². The largest absolute Gasteiger partial charge is 0.490 e. The van der Waals surface area contributed by atoms with Crippen LogP contribution in [0.4, 0.5) is 5.69 Å². The van der Waals surface area contributed by atoms with E-state index in [0.717, 1.165) is 42.9 Å². The molecule has 0 saturated heterocycles. The Hall–Kier alpha value is -3.38. The topological polar surface area (TPSA) is 115 Å². The number of allylic oxidation sites excluding steroid dienone is 1. The normalized spacial score (nSPS) is 30.3. The average Bonchev–Trinajstić information content (AvgIpc) is 3.34. The number of fused-ring (bicyclic) bond motifs is 7. The van der Waals surface area contributed by atoms with Gasteiger partial charge in [0.05, 0.1) is 29.2 Å². The van der Waals surface area contributed by atoms with Gasteiger partial charge in [0.2, 0.25) is 0 Å². The molecule has 0 radical (unpaired) electrons. The quantitative estimate of drug-likeness (QED) is 0.305. The van der Waals surface area contributed by atoms with Crippen LogP contribution in [0.15, 0.2) is 59.1 Å². The van der Waals surface area contributed by atoms with Gasteiger partial charge in [0.15, 0.2) is 5.15 Å². The van der Waals surface area contributed by atoms with E-state index in [9.17, 15) is 13.8 Å². The summed E-state index contributed by atoms with van der Waals surface area (Å²) in [6, 6.07) is 11.4. The Labute approximate surface area is 297 Å². The number of rotatable bonds is 3. The number of aryl methyl sites for hydroxylation is 2. The van der Waals surface area contributed by atoms with Gasteiger partial charge >= 0.3 is 0 Å². The Bertz CT molecular complexity index is 1970. The highest BCUT2D eigenvalue weighted by Crippen LogP contribution is 2.50. The Kier molecular flexibility index (Phi) is 9.09. The lowest BCUT2D eigenvalue weighted by molar-refractivity contribution is -0.116. The van der Waals surface area contributed by atoms with E-state index < -0.39 is 27.3 Å². The minimum atomic E-state index is -3.55. The Morgan fingerprint density at radius 1 is 1.18 bits per heavy atom. The lowest BCUT2D eigenvalue weighted by atomic mass is 9.61. The molecule has 13 heteroatoms. The van der Waals surface area contributed by atoms with Crippen LogP contribution in [0, 0.1) is 11.8 Å². The smallest absolute Gasteiger partial charge is 0.286 e. The number of hydrogen-bond donors (Lipinski definition) is 1. The number of carbonyl (C=O) groups excluding carboxylic acids is 2. The number of halogens is 2. The van der Waals surface area contributed by atoms with Gasteiger partial charge in [-0.25, -0.2) is 4.21 Å². The SMILES string of the molecule is CO[C@@]12/C=C/CCCS(=O)(NC(=O)c3cn(C)nc3Cl)=NC(=O)c3ccc4c(c3)N(C[C@H](C1)[C@H]2C)C[C@@]1(CCCc2cc(Cl)ccc21)CO4. The predicted molar refractivity (Wildman–Crippen MR) is 191 cm³/mol. The first-order valence-corrected chi connectivity index (χ1v) is 19.2. The van der Waals surface area contributed by atoms with Gasteiger partial charge in [-0.2, -0.15) is 5.10 Å². The summed E-state index contributed by atoms with van der Waals surface area (Å²) in [5, 5.41) is 4.70. The van der Waals surface area contributed by atoms with E-state index in [-0.39, 0.29) is 33.4 Å². The van der Waals surface area contributed by atoms with Crippen LogP contribution in [0.25, 0.3) is 0 Å². The van der Waals surface area contributed by atoms with Crippen molar-refractivity contribution in [1.82, 2.24) is 14.5 Å². The summed E-state index contributed by atoms with van der Waals surface area (Å²) in [6.45, 7) is 4.17. The third kappa shape index (κ3) is 6.39. The number of aromatic nitrogens is 2. The lowest BCUT2D eigenvalue weighted by Gasteiger charge is -2.53. The van der Waals surface area contributed by atoms with E-state index in [0.29, 0.717) is 37.7 Å². The standard InChI is InChI=1S/C36H41Cl2N5O5S/c1-23-26-18-36(23,47-3)14-5-4-6-15-49(46,41-34(45)28-20-42(2)39-32(28)38)40-33(44)25-9-12-31-30(17-25)43(19-26)21-35(22-48-31)13-7-8-24-16-27(37)10-11-29(24)35/h5,9-12,14,16-17,20,23,26H,4,6-8,13,15,18-19,21-22H2,1-3H3,(H,40,41,44,45,46)/b14-5+/t23-,26+,35+,36+,49?/m1/s1. The van der Waals surface area contributed by atoms with Gasteiger partial charge in [-0.3, -0.25) is 19.0 Å². The summed E-state index contributed by atoms with van der Waals surface area (Å²) < 4.78 is 35.1. The zero-order valence-corrected chi connectivity index (χ0v) is 30.2. The predicted octanol–water partition coefficient (Wildman–Crippen LogP) is 6.54. The third-order valence-corrected chi connectivity index (χ3v) is 13.2. The summed E-state index contributed by atoms with van der Waals surface area (Å²) in [5.41, 5.74) is 2.94. The van der Waals surface area contributed by atoms with Crippen molar-refractivity contribution in [3.8, 4) is 5.75 Å². The van der Waals surface area contributed by atoms with Gasteiger partial charge < -0.3 is 14.4 Å². The molecule has 4 heterocycles. The Morgan fingerprint density at radius 3 is 2.78 bits per heavy atom. The van der Waals surface area contributed by atoms with E-state index in [1.54, 1.807) is 32.4 Å². The molecule has 10 nitrogen and oxygen atoms in total. The summed E-state index contributed by atoms with van der Waals surface area (Å²) in [5.74, 6) is -0.169. The van der Waals surface area contributed by atoms with Crippen molar-refractivity contribution in [3.05, 3.63) is 87.2 Å². The molecule has 2 aliphatic carbocycles. The second kappa shape index (κ2) is 13.1. The van der Waals surface area contributed by atoms with Crippen molar-refractivity contribution in [2.75, 3.05) is 37.5 Å². The highest BCUT2D eigenvalue weighted by molar-refractivity contribution is 7.92. The van der Waals surface area contributed by atoms with Crippen molar-refractivity contribution in [2.45, 2.75) is 56.5 Å². The van der Waals surface area contributed by atoms with Gasteiger partial charge in [-0.1, -0.05) is 48.3 Å². The summed E-state index contributed by atoms with van der Waals surface area (Å²) in [6.07, 6.45) is 10.4. The molecule has 1 N–H and O–H groups in total. The fraction of sp³-hybridized carbons (Fsp3) is 0.472. The maximum atomic E-state index is 14.3. The van der Waals surface area contributed by atoms with Crippen LogP contribution in [-0.2, 0) is 33.5 Å². The first-order chi connectivity index (χ1) is 23.4. The molecule has 4 bridgehead atoms. The lowest BCUT2D eigenvalue weighted by Crippen LogP contribution is -2.57. The highest BCUT2D eigenvalue weighted by atomic mass is 35.5. The number of nitrogens with zero attached hydrogens (tertiary/aromatic N) is 4. The Balaban J connectivity index is 1.30. The van der Waals surface area contributed by atoms with Gasteiger partial charge in [0.1, 0.15) is 15.7 Å². The molecule has 2 aromatic carbocycles. The fourth-order valence-corrected chi connectivity index (χ4v) is 10.1. The fourth-order valence-electron chi connectivity index (χ4n) is 8.12. The van der Waals surface area contributed by atoms with Crippen LogP contribution in [0.2, 0.25) is 10.2 Å². The maximum Gasteiger partial charge on any atom is 0.286 e. The number of anilines is 1. The van der Waals surface area contributed by atoms with Gasteiger partial charge in [0, 0.05) is 49.4 Å². The molecule has 3 aliphatic heterocycles. The van der Waals surface area contributed by atoms with Gasteiger partial charge in [-0.05, 0) is 91.8 Å². The van der Waals surface area contributed by atoms with Crippen molar-refractivity contribution < 1.29 is 23.3 Å². The first kappa shape index (κ1) is 34.1. The van der Waals surface area contributed by atoms with Gasteiger partial charge in [-0.15, -0.1) is 4.36 Å². The van der Waals surface area contributed by atoms with Crippen molar-refractivity contribution in [2.24, 2.45) is 23.2 Å². The van der Waals surface area contributed by atoms with Crippen LogP contribution in [0.3, 0.4) is 0 Å². The molecule has 3 aromatic rings. The molecule has 1 fully saturated rings. The van der Waals surface area contributed by atoms with Crippen molar-refractivity contribution in [3.63, 3.8) is 0 Å². The first-order valence-electron chi connectivity index (χ1n) is 16.8. The molecule has 1 unspecified atom stereocenters. The second-order valence-electron chi connectivity index (χ2n) is 13.9. The zero-order chi connectivity index (χ0) is 34.6. The number of carbonyl (C=O) groups is 2. The molecule has 1 saturated carbocycles. The molecule has 1 spiro atoms. The molecular formula is C36H41Cl2N5O5S. The number of hydrogen-bond acceptors (Lipinski definition) is 7. The molecule has 260 valence electrons. The monoisotopic (exact) mass is 725 g/mol. The molecule has 49 heavy (non-hydrogen) atoms. The molecule has 1 aromatic heterocycles.